The van der Waals surface area contributed by atoms with E-state index in [0.717, 1.165) is 11.3 Å². The SMILES string of the molecule is COc1ccc(-c2cc(=O)c3cccc(Cl)c3o2)cc1. The molecule has 0 radical (unpaired) electrons. The molecule has 2 aromatic carbocycles. The van der Waals surface area contributed by atoms with Crippen LogP contribution in [0.3, 0.4) is 0 Å². The van der Waals surface area contributed by atoms with Gasteiger partial charge in [-0.1, -0.05) is 17.7 Å². The highest BCUT2D eigenvalue weighted by Gasteiger charge is 2.09. The monoisotopic (exact) mass is 286 g/mol. The van der Waals surface area contributed by atoms with Gasteiger partial charge < -0.3 is 9.15 Å². The Kier molecular flexibility index (Phi) is 3.20. The predicted molar refractivity (Wildman–Crippen MR) is 79.5 cm³/mol. The molecule has 0 bridgehead atoms. The van der Waals surface area contributed by atoms with Gasteiger partial charge >= 0.3 is 0 Å². The Morgan fingerprint density at radius 2 is 1.85 bits per heavy atom. The third-order valence-electron chi connectivity index (χ3n) is 3.08. The molecule has 1 heterocycles. The lowest BCUT2D eigenvalue weighted by Crippen LogP contribution is -2.00. The minimum Gasteiger partial charge on any atom is -0.497 e. The van der Waals surface area contributed by atoms with Gasteiger partial charge in [0.2, 0.25) is 0 Å². The first-order valence-electron chi connectivity index (χ1n) is 6.06. The quantitative estimate of drug-likeness (QED) is 0.711. The fourth-order valence-electron chi connectivity index (χ4n) is 2.04. The molecule has 3 rings (SSSR count). The van der Waals surface area contributed by atoms with Crippen LogP contribution in [-0.2, 0) is 0 Å². The second-order valence-electron chi connectivity index (χ2n) is 4.32. The molecule has 0 aliphatic heterocycles. The molecular weight excluding hydrogens is 276 g/mol. The summed E-state index contributed by atoms with van der Waals surface area (Å²) in [5.74, 6) is 1.23. The third-order valence-corrected chi connectivity index (χ3v) is 3.38. The second-order valence-corrected chi connectivity index (χ2v) is 4.73. The Labute approximate surface area is 120 Å². The van der Waals surface area contributed by atoms with Crippen molar-refractivity contribution in [3.05, 3.63) is 63.8 Å². The van der Waals surface area contributed by atoms with Crippen molar-refractivity contribution in [2.45, 2.75) is 0 Å². The minimum absolute atomic E-state index is 0.112. The standard InChI is InChI=1S/C16H11ClO3/c1-19-11-7-5-10(6-8-11)15-9-14(18)12-3-2-4-13(17)16(12)20-15/h2-9H,1H3. The van der Waals surface area contributed by atoms with Crippen LogP contribution in [0.4, 0.5) is 0 Å². The zero-order valence-corrected chi connectivity index (χ0v) is 11.5. The number of methoxy groups -OCH3 is 1. The molecule has 100 valence electrons. The van der Waals surface area contributed by atoms with Crippen LogP contribution < -0.4 is 10.2 Å². The van der Waals surface area contributed by atoms with E-state index in [1.165, 1.54) is 6.07 Å². The van der Waals surface area contributed by atoms with Crippen LogP contribution in [0, 0.1) is 0 Å². The van der Waals surface area contributed by atoms with Gasteiger partial charge in [-0.25, -0.2) is 0 Å². The number of ether oxygens (including phenoxy) is 1. The number of hydrogen-bond donors (Lipinski definition) is 0. The first kappa shape index (κ1) is 12.8. The van der Waals surface area contributed by atoms with E-state index >= 15 is 0 Å². The first-order valence-corrected chi connectivity index (χ1v) is 6.43. The maximum atomic E-state index is 12.1. The third kappa shape index (κ3) is 2.17. The van der Waals surface area contributed by atoms with Crippen LogP contribution in [0.25, 0.3) is 22.3 Å². The molecule has 0 atom stereocenters. The Balaban J connectivity index is 2.21. The molecule has 0 spiro atoms. The van der Waals surface area contributed by atoms with Gasteiger partial charge in [0.15, 0.2) is 11.0 Å². The summed E-state index contributed by atoms with van der Waals surface area (Å²) in [6, 6.07) is 13.9. The molecule has 0 amide bonds. The van der Waals surface area contributed by atoms with E-state index in [1.807, 2.05) is 24.3 Å². The van der Waals surface area contributed by atoms with E-state index < -0.39 is 0 Å². The average Bonchev–Trinajstić information content (AvgIpc) is 2.48. The Morgan fingerprint density at radius 1 is 1.10 bits per heavy atom. The van der Waals surface area contributed by atoms with E-state index in [-0.39, 0.29) is 5.43 Å². The molecule has 0 aliphatic carbocycles. The molecule has 3 nitrogen and oxygen atoms in total. The van der Waals surface area contributed by atoms with E-state index in [9.17, 15) is 4.79 Å². The van der Waals surface area contributed by atoms with Crippen molar-refractivity contribution in [1.82, 2.24) is 0 Å². The zero-order valence-electron chi connectivity index (χ0n) is 10.7. The highest BCUT2D eigenvalue weighted by molar-refractivity contribution is 6.34. The molecule has 0 aliphatic rings. The second kappa shape index (κ2) is 5.02. The fraction of sp³-hybridized carbons (Fsp3) is 0.0625. The number of para-hydroxylation sites is 1. The number of benzene rings is 2. The first-order chi connectivity index (χ1) is 9.69. The van der Waals surface area contributed by atoms with Gasteiger partial charge in [0.1, 0.15) is 11.5 Å². The number of halogens is 1. The fourth-order valence-corrected chi connectivity index (χ4v) is 2.25. The average molecular weight is 287 g/mol. The summed E-state index contributed by atoms with van der Waals surface area (Å²) in [5, 5.41) is 0.907. The van der Waals surface area contributed by atoms with Gasteiger partial charge in [-0.2, -0.15) is 0 Å². The normalized spacial score (nSPS) is 10.7. The van der Waals surface area contributed by atoms with Crippen LogP contribution in [0.5, 0.6) is 5.75 Å². The number of fused-ring (bicyclic) bond motifs is 1. The molecule has 0 saturated heterocycles. The molecule has 1 aromatic heterocycles. The van der Waals surface area contributed by atoms with Crippen LogP contribution in [0.2, 0.25) is 5.02 Å². The summed E-state index contributed by atoms with van der Waals surface area (Å²) in [4.78, 5) is 12.1. The molecule has 3 aromatic rings. The molecule has 0 fully saturated rings. The van der Waals surface area contributed by atoms with E-state index in [1.54, 1.807) is 25.3 Å². The van der Waals surface area contributed by atoms with Crippen molar-refractivity contribution < 1.29 is 9.15 Å². The topological polar surface area (TPSA) is 39.4 Å². The van der Waals surface area contributed by atoms with Crippen molar-refractivity contribution in [3.8, 4) is 17.1 Å². The van der Waals surface area contributed by atoms with Crippen LogP contribution in [0.1, 0.15) is 0 Å². The highest BCUT2D eigenvalue weighted by atomic mass is 35.5. The van der Waals surface area contributed by atoms with Gasteiger partial charge in [0.05, 0.1) is 17.5 Å². The van der Waals surface area contributed by atoms with Crippen molar-refractivity contribution in [2.75, 3.05) is 7.11 Å². The lowest BCUT2D eigenvalue weighted by atomic mass is 10.1. The van der Waals surface area contributed by atoms with Crippen molar-refractivity contribution in [2.24, 2.45) is 0 Å². The molecular formula is C16H11ClO3. The van der Waals surface area contributed by atoms with Gasteiger partial charge in [0.25, 0.3) is 0 Å². The van der Waals surface area contributed by atoms with E-state index in [2.05, 4.69) is 0 Å². The van der Waals surface area contributed by atoms with Crippen molar-refractivity contribution in [1.29, 1.82) is 0 Å². The summed E-state index contributed by atoms with van der Waals surface area (Å²) in [6.07, 6.45) is 0. The Hall–Kier alpha value is -2.26. The molecule has 0 N–H and O–H groups in total. The summed E-state index contributed by atoms with van der Waals surface area (Å²) in [7, 11) is 1.60. The lowest BCUT2D eigenvalue weighted by molar-refractivity contribution is 0.415. The largest absolute Gasteiger partial charge is 0.497 e. The van der Waals surface area contributed by atoms with Gasteiger partial charge in [-0.15, -0.1) is 0 Å². The van der Waals surface area contributed by atoms with Crippen molar-refractivity contribution >= 4 is 22.6 Å². The predicted octanol–water partition coefficient (Wildman–Crippen LogP) is 4.12. The van der Waals surface area contributed by atoms with Crippen LogP contribution in [0.15, 0.2) is 57.7 Å². The smallest absolute Gasteiger partial charge is 0.193 e. The van der Waals surface area contributed by atoms with Gasteiger partial charge in [0, 0.05) is 11.6 Å². The maximum absolute atomic E-state index is 12.1. The van der Waals surface area contributed by atoms with Crippen LogP contribution in [-0.4, -0.2) is 7.11 Å². The zero-order chi connectivity index (χ0) is 14.1. The maximum Gasteiger partial charge on any atom is 0.193 e. The molecule has 20 heavy (non-hydrogen) atoms. The Morgan fingerprint density at radius 3 is 2.55 bits per heavy atom. The van der Waals surface area contributed by atoms with Gasteiger partial charge in [-0.3, -0.25) is 4.79 Å². The summed E-state index contributed by atoms with van der Waals surface area (Å²) in [5.41, 5.74) is 1.09. The Bertz CT molecular complexity index is 819. The molecule has 0 unspecified atom stereocenters. The molecule has 4 heteroatoms. The molecule has 0 saturated carbocycles. The minimum atomic E-state index is -0.112. The summed E-state index contributed by atoms with van der Waals surface area (Å²) in [6.45, 7) is 0. The number of rotatable bonds is 2. The summed E-state index contributed by atoms with van der Waals surface area (Å²) < 4.78 is 10.9. The van der Waals surface area contributed by atoms with Gasteiger partial charge in [-0.05, 0) is 36.4 Å². The van der Waals surface area contributed by atoms with E-state index in [4.69, 9.17) is 20.8 Å². The van der Waals surface area contributed by atoms with Crippen molar-refractivity contribution in [3.63, 3.8) is 0 Å². The van der Waals surface area contributed by atoms with Crippen LogP contribution >= 0.6 is 11.6 Å². The highest BCUT2D eigenvalue weighted by Crippen LogP contribution is 2.27. The lowest BCUT2D eigenvalue weighted by Gasteiger charge is -2.05. The number of hydrogen-bond acceptors (Lipinski definition) is 3. The van der Waals surface area contributed by atoms with E-state index in [0.29, 0.717) is 21.8 Å². The summed E-state index contributed by atoms with van der Waals surface area (Å²) >= 11 is 6.08.